The maximum atomic E-state index is 14.0. The maximum Gasteiger partial charge on any atom is 0.270 e. The molecule has 0 radical (unpaired) electrons. The smallest absolute Gasteiger partial charge is 0.270 e. The number of nitro benzene ring substituents is 1. The van der Waals surface area contributed by atoms with Crippen LogP contribution in [0.15, 0.2) is 54.6 Å². The number of fused-ring (bicyclic) bond motifs is 5. The number of benzene rings is 2. The summed E-state index contributed by atoms with van der Waals surface area (Å²) in [6, 6.07) is 11.8. The first-order valence-corrected chi connectivity index (χ1v) is 11.2. The average molecular weight is 460 g/mol. The second-order valence-corrected chi connectivity index (χ2v) is 10.1. The summed E-state index contributed by atoms with van der Waals surface area (Å²) in [4.78, 5) is 55.2. The van der Waals surface area contributed by atoms with Gasteiger partial charge in [-0.1, -0.05) is 36.4 Å². The molecule has 3 aliphatic rings. The first kappa shape index (κ1) is 22.0. The van der Waals surface area contributed by atoms with Gasteiger partial charge in [0.05, 0.1) is 22.8 Å². The summed E-state index contributed by atoms with van der Waals surface area (Å²) in [6.07, 6.45) is 1.97. The van der Waals surface area contributed by atoms with Crippen LogP contribution in [0, 0.1) is 22.0 Å². The molecule has 5 rings (SSSR count). The Labute approximate surface area is 197 Å². The van der Waals surface area contributed by atoms with Crippen LogP contribution < -0.4 is 4.90 Å². The van der Waals surface area contributed by atoms with E-state index in [1.807, 2.05) is 42.2 Å². The summed E-state index contributed by atoms with van der Waals surface area (Å²) in [5.41, 5.74) is 1.92. The van der Waals surface area contributed by atoms with E-state index in [1.165, 1.54) is 29.2 Å². The van der Waals surface area contributed by atoms with Gasteiger partial charge in [-0.05, 0) is 39.3 Å². The fourth-order valence-electron chi connectivity index (χ4n) is 5.70. The van der Waals surface area contributed by atoms with Crippen molar-refractivity contribution < 1.29 is 19.3 Å². The van der Waals surface area contributed by atoms with Crippen LogP contribution in [0.1, 0.15) is 43.6 Å². The van der Waals surface area contributed by atoms with Crippen LogP contribution in [0.4, 0.5) is 11.4 Å². The van der Waals surface area contributed by atoms with Crippen molar-refractivity contribution in [3.05, 3.63) is 75.8 Å². The average Bonchev–Trinajstić information content (AvgIpc) is 3.26. The number of nitrogens with zero attached hydrogens (tertiary/aromatic N) is 3. The highest BCUT2D eigenvalue weighted by molar-refractivity contribution is 6.14. The standard InChI is InChI=1S/C26H25N3O5/c1-14-12-19-20-21(25(32)28(24(20)31)26(2,3)4)22(27(19)18-11-6-5-10-17(14)18)23(30)15-8-7-9-16(13-15)29(33)34/h5-13,19-22H,1-4H3/t19-,20-,21+,22+/m1/s1. The van der Waals surface area contributed by atoms with Crippen LogP contribution in [0.3, 0.4) is 0 Å². The van der Waals surface area contributed by atoms with Crippen LogP contribution >= 0.6 is 0 Å². The lowest BCUT2D eigenvalue weighted by Gasteiger charge is -2.39. The summed E-state index contributed by atoms with van der Waals surface area (Å²) < 4.78 is 0. The summed E-state index contributed by atoms with van der Waals surface area (Å²) in [5.74, 6) is -2.64. The summed E-state index contributed by atoms with van der Waals surface area (Å²) in [7, 11) is 0. The van der Waals surface area contributed by atoms with Crippen LogP contribution in [-0.2, 0) is 9.59 Å². The number of amides is 2. The predicted molar refractivity (Wildman–Crippen MR) is 126 cm³/mol. The fraction of sp³-hybridized carbons (Fsp3) is 0.346. The van der Waals surface area contributed by atoms with Gasteiger partial charge in [0.25, 0.3) is 5.69 Å². The van der Waals surface area contributed by atoms with Gasteiger partial charge in [-0.15, -0.1) is 0 Å². The number of likely N-dealkylation sites (tertiary alicyclic amines) is 1. The zero-order valence-electron chi connectivity index (χ0n) is 19.4. The number of carbonyl (C=O) groups excluding carboxylic acids is 3. The SMILES string of the molecule is CC1=C[C@@H]2[C@H]3C(=O)N(C(C)(C)C)C(=O)[C@@H]3[C@@H](C(=O)c3cccc([N+](=O)[O-])c3)N2c2ccccc21. The lowest BCUT2D eigenvalue weighted by atomic mass is 9.85. The fourth-order valence-corrected chi connectivity index (χ4v) is 5.70. The van der Waals surface area contributed by atoms with Crippen molar-refractivity contribution >= 4 is 34.5 Å². The number of allylic oxidation sites excluding steroid dienone is 1. The Morgan fingerprint density at radius 1 is 1.00 bits per heavy atom. The Balaban J connectivity index is 1.70. The van der Waals surface area contributed by atoms with Gasteiger partial charge in [0.15, 0.2) is 5.78 Å². The van der Waals surface area contributed by atoms with Crippen molar-refractivity contribution in [1.82, 2.24) is 4.90 Å². The lowest BCUT2D eigenvalue weighted by Crippen LogP contribution is -2.52. The quantitative estimate of drug-likeness (QED) is 0.299. The highest BCUT2D eigenvalue weighted by Crippen LogP contribution is 2.51. The van der Waals surface area contributed by atoms with Crippen molar-refractivity contribution in [2.24, 2.45) is 11.8 Å². The molecule has 0 bridgehead atoms. The molecule has 3 heterocycles. The summed E-state index contributed by atoms with van der Waals surface area (Å²) in [5, 5.41) is 11.3. The Kier molecular flexibility index (Phi) is 4.76. The molecule has 0 N–H and O–H groups in total. The first-order chi connectivity index (χ1) is 16.0. The highest BCUT2D eigenvalue weighted by atomic mass is 16.6. The number of para-hydroxylation sites is 1. The van der Waals surface area contributed by atoms with Gasteiger partial charge < -0.3 is 4.90 Å². The zero-order chi connectivity index (χ0) is 24.5. The third-order valence-corrected chi connectivity index (χ3v) is 7.04. The largest absolute Gasteiger partial charge is 0.352 e. The van der Waals surface area contributed by atoms with E-state index < -0.39 is 40.2 Å². The van der Waals surface area contributed by atoms with Crippen molar-refractivity contribution in [2.45, 2.75) is 45.3 Å². The van der Waals surface area contributed by atoms with Crippen LogP contribution in [0.5, 0.6) is 0 Å². The number of imide groups is 1. The van der Waals surface area contributed by atoms with Crippen molar-refractivity contribution in [1.29, 1.82) is 0 Å². The minimum atomic E-state index is -0.952. The molecule has 0 aromatic heterocycles. The molecule has 0 spiro atoms. The van der Waals surface area contributed by atoms with Crippen molar-refractivity contribution in [2.75, 3.05) is 4.90 Å². The van der Waals surface area contributed by atoms with Crippen molar-refractivity contribution in [3.8, 4) is 0 Å². The molecule has 2 aromatic carbocycles. The van der Waals surface area contributed by atoms with Gasteiger partial charge in [0.1, 0.15) is 6.04 Å². The van der Waals surface area contributed by atoms with Crippen LogP contribution in [0.2, 0.25) is 0 Å². The van der Waals surface area contributed by atoms with Gasteiger partial charge >= 0.3 is 0 Å². The van der Waals surface area contributed by atoms with Crippen LogP contribution in [0.25, 0.3) is 5.57 Å². The van der Waals surface area contributed by atoms with E-state index in [9.17, 15) is 24.5 Å². The number of ketones is 1. The zero-order valence-corrected chi connectivity index (χ0v) is 19.4. The van der Waals surface area contributed by atoms with Gasteiger partial charge in [-0.2, -0.15) is 0 Å². The summed E-state index contributed by atoms with van der Waals surface area (Å²) >= 11 is 0. The molecular weight excluding hydrogens is 434 g/mol. The molecular formula is C26H25N3O5. The Morgan fingerprint density at radius 3 is 2.35 bits per heavy atom. The first-order valence-electron chi connectivity index (χ1n) is 11.2. The Bertz CT molecular complexity index is 1290. The van der Waals surface area contributed by atoms with Gasteiger partial charge in [0, 0.05) is 34.5 Å². The van der Waals surface area contributed by atoms with Gasteiger partial charge in [0.2, 0.25) is 11.8 Å². The minimum absolute atomic E-state index is 0.150. The lowest BCUT2D eigenvalue weighted by molar-refractivity contribution is -0.384. The molecule has 0 unspecified atom stereocenters. The number of hydrogen-bond acceptors (Lipinski definition) is 6. The Hall–Kier alpha value is -3.81. The van der Waals surface area contributed by atoms with E-state index >= 15 is 0 Å². The molecule has 0 saturated carbocycles. The number of carbonyl (C=O) groups is 3. The van der Waals surface area contributed by atoms with E-state index in [0.29, 0.717) is 0 Å². The van der Waals surface area contributed by atoms with Gasteiger partial charge in [-0.25, -0.2) is 0 Å². The third kappa shape index (κ3) is 3.01. The van der Waals surface area contributed by atoms with Crippen LogP contribution in [-0.4, -0.2) is 45.0 Å². The van der Waals surface area contributed by atoms with E-state index in [-0.39, 0.29) is 23.1 Å². The molecule has 2 fully saturated rings. The number of hydrogen-bond donors (Lipinski definition) is 0. The molecule has 2 amide bonds. The number of nitro groups is 1. The van der Waals surface area contributed by atoms with Crippen molar-refractivity contribution in [3.63, 3.8) is 0 Å². The number of rotatable bonds is 3. The van der Waals surface area contributed by atoms with E-state index in [2.05, 4.69) is 0 Å². The highest BCUT2D eigenvalue weighted by Gasteiger charge is 2.65. The third-order valence-electron chi connectivity index (χ3n) is 7.04. The van der Waals surface area contributed by atoms with E-state index in [4.69, 9.17) is 0 Å². The Morgan fingerprint density at radius 2 is 1.68 bits per heavy atom. The predicted octanol–water partition coefficient (Wildman–Crippen LogP) is 3.85. The second kappa shape index (κ2) is 7.35. The normalized spacial score (nSPS) is 25.6. The molecule has 3 aliphatic heterocycles. The molecule has 8 nitrogen and oxygen atoms in total. The van der Waals surface area contributed by atoms with E-state index in [1.54, 1.807) is 20.8 Å². The maximum absolute atomic E-state index is 14.0. The number of non-ortho nitro benzene ring substituents is 1. The number of anilines is 1. The molecule has 4 atom stereocenters. The monoisotopic (exact) mass is 459 g/mol. The molecule has 2 aromatic rings. The second-order valence-electron chi connectivity index (χ2n) is 10.1. The molecule has 34 heavy (non-hydrogen) atoms. The van der Waals surface area contributed by atoms with Gasteiger partial charge in [-0.3, -0.25) is 29.4 Å². The molecule has 174 valence electrons. The number of Topliss-reactive ketones (excluding diaryl/α,β-unsaturated/α-hetero) is 1. The topological polar surface area (TPSA) is 101 Å². The summed E-state index contributed by atoms with van der Waals surface area (Å²) in [6.45, 7) is 7.37. The molecule has 0 aliphatic carbocycles. The molecule has 2 saturated heterocycles. The molecule has 8 heteroatoms. The minimum Gasteiger partial charge on any atom is -0.352 e. The van der Waals surface area contributed by atoms with E-state index in [0.717, 1.165) is 16.8 Å².